The molecule has 1 aromatic heterocycles. The van der Waals surface area contributed by atoms with E-state index in [-0.39, 0.29) is 21.2 Å². The van der Waals surface area contributed by atoms with Crippen molar-refractivity contribution >= 4 is 31.9 Å². The minimum atomic E-state index is -3.45. The van der Waals surface area contributed by atoms with Crippen LogP contribution in [-0.4, -0.2) is 34.4 Å². The van der Waals surface area contributed by atoms with Gasteiger partial charge >= 0.3 is 0 Å². The monoisotopic (exact) mass is 303 g/mol. The quantitative estimate of drug-likeness (QED) is 0.738. The molecule has 0 aromatic carbocycles. The number of ether oxygens (including phenoxy) is 1. The molecule has 0 amide bonds. The Hall–Kier alpha value is -1.30. The van der Waals surface area contributed by atoms with Crippen LogP contribution in [0.15, 0.2) is 4.90 Å². The second-order valence-corrected chi connectivity index (χ2v) is 7.03. The highest BCUT2D eigenvalue weighted by Gasteiger charge is 2.25. The van der Waals surface area contributed by atoms with Crippen molar-refractivity contribution in [2.75, 3.05) is 37.1 Å². The third-order valence-corrected chi connectivity index (χ3v) is 5.51. The molecular formula is C11H17N3O3S2. The van der Waals surface area contributed by atoms with Gasteiger partial charge < -0.3 is 15.8 Å². The average Bonchev–Trinajstić information content (AvgIpc) is 2.71. The standard InChI is InChI=1S/C11H17N3O3S2/c1-3-19(15,16)10-9(13)8(7-12)18-11(10)14-5-4-6-17-2/h14H,3-6,13H2,1-2H3. The van der Waals surface area contributed by atoms with Crippen LogP contribution in [0.25, 0.3) is 0 Å². The van der Waals surface area contributed by atoms with Crippen molar-refractivity contribution in [2.24, 2.45) is 0 Å². The van der Waals surface area contributed by atoms with Crippen LogP contribution in [0.5, 0.6) is 0 Å². The summed E-state index contributed by atoms with van der Waals surface area (Å²) in [6.45, 7) is 2.69. The first-order chi connectivity index (χ1) is 8.97. The van der Waals surface area contributed by atoms with E-state index in [1.54, 1.807) is 14.0 Å². The summed E-state index contributed by atoms with van der Waals surface area (Å²) in [4.78, 5) is 0.273. The van der Waals surface area contributed by atoms with E-state index in [1.807, 2.05) is 6.07 Å². The van der Waals surface area contributed by atoms with Gasteiger partial charge in [-0.3, -0.25) is 0 Å². The molecule has 1 rings (SSSR count). The van der Waals surface area contributed by atoms with Gasteiger partial charge in [0.1, 0.15) is 20.8 Å². The first kappa shape index (κ1) is 15.8. The summed E-state index contributed by atoms with van der Waals surface area (Å²) in [7, 11) is -1.85. The molecule has 0 bridgehead atoms. The Morgan fingerprint density at radius 2 is 2.21 bits per heavy atom. The molecule has 0 aliphatic rings. The second-order valence-electron chi connectivity index (χ2n) is 3.79. The van der Waals surface area contributed by atoms with Crippen molar-refractivity contribution in [1.82, 2.24) is 0 Å². The molecular weight excluding hydrogens is 286 g/mol. The number of nitrogen functional groups attached to an aromatic ring is 1. The number of nitrogens with zero attached hydrogens (tertiary/aromatic N) is 1. The summed E-state index contributed by atoms with van der Waals surface area (Å²) in [5.41, 5.74) is 5.80. The number of hydrogen-bond acceptors (Lipinski definition) is 7. The van der Waals surface area contributed by atoms with Gasteiger partial charge in [-0.2, -0.15) is 5.26 Å². The van der Waals surface area contributed by atoms with E-state index in [4.69, 9.17) is 15.7 Å². The van der Waals surface area contributed by atoms with E-state index in [1.165, 1.54) is 0 Å². The van der Waals surface area contributed by atoms with E-state index in [2.05, 4.69) is 5.32 Å². The van der Waals surface area contributed by atoms with Crippen LogP contribution < -0.4 is 11.1 Å². The first-order valence-corrected chi connectivity index (χ1v) is 8.22. The van der Waals surface area contributed by atoms with E-state index in [0.717, 1.165) is 17.8 Å². The van der Waals surface area contributed by atoms with Gasteiger partial charge in [0.25, 0.3) is 0 Å². The molecule has 8 heteroatoms. The van der Waals surface area contributed by atoms with Gasteiger partial charge in [-0.15, -0.1) is 11.3 Å². The average molecular weight is 303 g/mol. The predicted octanol–water partition coefficient (Wildman–Crippen LogP) is 1.44. The molecule has 19 heavy (non-hydrogen) atoms. The fourth-order valence-electron chi connectivity index (χ4n) is 1.50. The van der Waals surface area contributed by atoms with Crippen molar-refractivity contribution in [3.63, 3.8) is 0 Å². The number of rotatable bonds is 7. The molecule has 0 unspecified atom stereocenters. The van der Waals surface area contributed by atoms with Crippen molar-refractivity contribution in [3.8, 4) is 6.07 Å². The van der Waals surface area contributed by atoms with Crippen molar-refractivity contribution in [2.45, 2.75) is 18.2 Å². The molecule has 1 heterocycles. The highest BCUT2D eigenvalue weighted by Crippen LogP contribution is 2.39. The van der Waals surface area contributed by atoms with Gasteiger partial charge in [-0.05, 0) is 6.42 Å². The number of thiophene rings is 1. The molecule has 0 atom stereocenters. The van der Waals surface area contributed by atoms with Gasteiger partial charge in [0.15, 0.2) is 9.84 Å². The Labute approximate surface area is 117 Å². The zero-order valence-electron chi connectivity index (χ0n) is 10.9. The first-order valence-electron chi connectivity index (χ1n) is 5.75. The molecule has 3 N–H and O–H groups in total. The number of nitrogens with two attached hydrogens (primary N) is 1. The lowest BCUT2D eigenvalue weighted by Crippen LogP contribution is -2.10. The number of nitrogens with one attached hydrogen (secondary N) is 1. The summed E-state index contributed by atoms with van der Waals surface area (Å²) >= 11 is 1.07. The van der Waals surface area contributed by atoms with Crippen LogP contribution in [-0.2, 0) is 14.6 Å². The lowest BCUT2D eigenvalue weighted by atomic mass is 10.4. The molecule has 0 saturated heterocycles. The minimum absolute atomic E-state index is 0.0450. The smallest absolute Gasteiger partial charge is 0.183 e. The lowest BCUT2D eigenvalue weighted by molar-refractivity contribution is 0.198. The zero-order chi connectivity index (χ0) is 14.5. The lowest BCUT2D eigenvalue weighted by Gasteiger charge is -2.07. The van der Waals surface area contributed by atoms with E-state index >= 15 is 0 Å². The molecule has 0 radical (unpaired) electrons. The Morgan fingerprint density at radius 1 is 1.53 bits per heavy atom. The Bertz CT molecular complexity index is 573. The Kier molecular flexibility index (Phi) is 5.60. The molecule has 0 saturated carbocycles. The maximum Gasteiger partial charge on any atom is 0.183 e. The highest BCUT2D eigenvalue weighted by molar-refractivity contribution is 7.91. The van der Waals surface area contributed by atoms with E-state index in [9.17, 15) is 8.42 Å². The van der Waals surface area contributed by atoms with Gasteiger partial charge in [0.05, 0.1) is 11.4 Å². The fourth-order valence-corrected chi connectivity index (χ4v) is 3.99. The topological polar surface area (TPSA) is 105 Å². The number of methoxy groups -OCH3 is 1. The molecule has 106 valence electrons. The van der Waals surface area contributed by atoms with Crippen molar-refractivity contribution in [1.29, 1.82) is 5.26 Å². The van der Waals surface area contributed by atoms with Crippen molar-refractivity contribution < 1.29 is 13.2 Å². The van der Waals surface area contributed by atoms with Crippen LogP contribution in [0.2, 0.25) is 0 Å². The molecule has 0 spiro atoms. The van der Waals surface area contributed by atoms with Crippen LogP contribution >= 0.6 is 11.3 Å². The summed E-state index contributed by atoms with van der Waals surface area (Å²) in [6, 6.07) is 1.92. The maximum atomic E-state index is 12.0. The Morgan fingerprint density at radius 3 is 2.74 bits per heavy atom. The van der Waals surface area contributed by atoms with Gasteiger partial charge in [-0.25, -0.2) is 8.42 Å². The number of nitriles is 1. The number of hydrogen-bond donors (Lipinski definition) is 2. The maximum absolute atomic E-state index is 12.0. The van der Waals surface area contributed by atoms with Crippen LogP contribution in [0.4, 0.5) is 10.7 Å². The fraction of sp³-hybridized carbons (Fsp3) is 0.545. The molecule has 0 fully saturated rings. The van der Waals surface area contributed by atoms with Gasteiger partial charge in [0, 0.05) is 20.3 Å². The summed E-state index contributed by atoms with van der Waals surface area (Å²) in [5.74, 6) is -0.0500. The van der Waals surface area contributed by atoms with E-state index < -0.39 is 9.84 Å². The third-order valence-electron chi connectivity index (χ3n) is 2.50. The highest BCUT2D eigenvalue weighted by atomic mass is 32.2. The summed E-state index contributed by atoms with van der Waals surface area (Å²) in [5, 5.41) is 12.4. The number of anilines is 2. The Balaban J connectivity index is 3.07. The largest absolute Gasteiger partial charge is 0.396 e. The minimum Gasteiger partial charge on any atom is -0.396 e. The van der Waals surface area contributed by atoms with Crippen LogP contribution in [0.3, 0.4) is 0 Å². The predicted molar refractivity (Wildman–Crippen MR) is 76.2 cm³/mol. The normalized spacial score (nSPS) is 11.2. The molecule has 6 nitrogen and oxygen atoms in total. The summed E-state index contributed by atoms with van der Waals surface area (Å²) in [6.07, 6.45) is 0.738. The van der Waals surface area contributed by atoms with E-state index in [0.29, 0.717) is 18.2 Å². The molecule has 1 aromatic rings. The molecule has 0 aliphatic heterocycles. The van der Waals surface area contributed by atoms with Crippen molar-refractivity contribution in [3.05, 3.63) is 4.88 Å². The zero-order valence-corrected chi connectivity index (χ0v) is 12.5. The third kappa shape index (κ3) is 3.59. The second kappa shape index (κ2) is 6.75. The van der Waals surface area contributed by atoms with Gasteiger partial charge in [0.2, 0.25) is 0 Å². The number of sulfone groups is 1. The molecule has 0 aliphatic carbocycles. The SMILES string of the molecule is CCS(=O)(=O)c1c(NCCCOC)sc(C#N)c1N. The van der Waals surface area contributed by atoms with Crippen LogP contribution in [0, 0.1) is 11.3 Å². The summed E-state index contributed by atoms with van der Waals surface area (Å²) < 4.78 is 28.9. The van der Waals surface area contributed by atoms with Crippen LogP contribution in [0.1, 0.15) is 18.2 Å². The van der Waals surface area contributed by atoms with Gasteiger partial charge in [-0.1, -0.05) is 6.92 Å².